The fourth-order valence-corrected chi connectivity index (χ4v) is 3.56. The molecule has 0 aliphatic heterocycles. The Morgan fingerprint density at radius 1 is 1.14 bits per heavy atom. The molecule has 0 aliphatic rings. The summed E-state index contributed by atoms with van der Waals surface area (Å²) in [5.74, 6) is 0.432. The minimum absolute atomic E-state index is 0.110. The highest BCUT2D eigenvalue weighted by Gasteiger charge is 2.22. The first-order valence-corrected chi connectivity index (χ1v) is 8.55. The number of anilines is 1. The first-order chi connectivity index (χ1) is 9.86. The molecule has 0 N–H and O–H groups in total. The first-order valence-electron chi connectivity index (χ1n) is 5.94. The van der Waals surface area contributed by atoms with Crippen molar-refractivity contribution in [3.8, 4) is 5.75 Å². The van der Waals surface area contributed by atoms with Gasteiger partial charge in [0.15, 0.2) is 0 Å². The summed E-state index contributed by atoms with van der Waals surface area (Å²) in [5.41, 5.74) is 0.560. The molecule has 2 aromatic rings. The van der Waals surface area contributed by atoms with Gasteiger partial charge >= 0.3 is 0 Å². The highest BCUT2D eigenvalue weighted by atomic mass is 79.9. The van der Waals surface area contributed by atoms with E-state index in [-0.39, 0.29) is 9.92 Å². The number of hydrogen-bond acceptors (Lipinski definition) is 3. The summed E-state index contributed by atoms with van der Waals surface area (Å²) in [4.78, 5) is 0.110. The van der Waals surface area contributed by atoms with Crippen LogP contribution in [0.1, 0.15) is 0 Å². The molecule has 0 aromatic heterocycles. The Balaban J connectivity index is 2.41. The molecule has 0 bridgehead atoms. The summed E-state index contributed by atoms with van der Waals surface area (Å²) in [6.07, 6.45) is 0. The molecule has 21 heavy (non-hydrogen) atoms. The van der Waals surface area contributed by atoms with Gasteiger partial charge in [-0.25, -0.2) is 8.42 Å². The maximum absolute atomic E-state index is 12.6. The maximum Gasteiger partial charge on any atom is 0.264 e. The van der Waals surface area contributed by atoms with Crippen LogP contribution < -0.4 is 9.04 Å². The molecule has 112 valence electrons. The van der Waals surface area contributed by atoms with Gasteiger partial charge in [0, 0.05) is 11.5 Å². The third-order valence-corrected chi connectivity index (χ3v) is 5.58. The van der Waals surface area contributed by atoms with Crippen molar-refractivity contribution in [2.45, 2.75) is 4.90 Å². The second-order valence-corrected chi connectivity index (χ2v) is 7.54. The van der Waals surface area contributed by atoms with E-state index in [9.17, 15) is 8.42 Å². The smallest absolute Gasteiger partial charge is 0.264 e. The highest BCUT2D eigenvalue weighted by Crippen LogP contribution is 2.30. The number of hydrogen-bond donors (Lipinski definition) is 0. The average molecular weight is 391 g/mol. The minimum Gasteiger partial charge on any atom is -0.495 e. The molecule has 2 aromatic carbocycles. The van der Waals surface area contributed by atoms with Crippen LogP contribution in [0.3, 0.4) is 0 Å². The van der Waals surface area contributed by atoms with Crippen LogP contribution in [0, 0.1) is 0 Å². The van der Waals surface area contributed by atoms with Crippen molar-refractivity contribution in [3.63, 3.8) is 0 Å². The normalized spacial score (nSPS) is 11.2. The second kappa shape index (κ2) is 6.25. The molecule has 0 heterocycles. The molecule has 0 aliphatic carbocycles. The fourth-order valence-electron chi connectivity index (χ4n) is 1.76. The number of sulfonamides is 1. The van der Waals surface area contributed by atoms with Crippen molar-refractivity contribution in [2.75, 3.05) is 18.5 Å². The zero-order valence-electron chi connectivity index (χ0n) is 11.4. The van der Waals surface area contributed by atoms with Gasteiger partial charge in [-0.15, -0.1) is 0 Å². The maximum atomic E-state index is 12.6. The predicted molar refractivity (Wildman–Crippen MR) is 87.7 cm³/mol. The SMILES string of the molecule is COc1ccc(S(=O)(=O)N(C)c2ccc(Br)cc2)cc1Cl. The summed E-state index contributed by atoms with van der Waals surface area (Å²) in [7, 11) is -0.702. The van der Waals surface area contributed by atoms with E-state index in [0.717, 1.165) is 4.47 Å². The van der Waals surface area contributed by atoms with Crippen LogP contribution in [-0.4, -0.2) is 22.6 Å². The minimum atomic E-state index is -3.67. The zero-order chi connectivity index (χ0) is 15.6. The molecular weight excluding hydrogens is 378 g/mol. The van der Waals surface area contributed by atoms with Crippen LogP contribution in [0.4, 0.5) is 5.69 Å². The Kier molecular flexibility index (Phi) is 4.81. The van der Waals surface area contributed by atoms with Crippen LogP contribution >= 0.6 is 27.5 Å². The number of ether oxygens (including phenoxy) is 1. The Bertz CT molecular complexity index is 747. The van der Waals surface area contributed by atoms with Crippen LogP contribution in [0.5, 0.6) is 5.75 Å². The number of nitrogens with zero attached hydrogens (tertiary/aromatic N) is 1. The molecule has 0 fully saturated rings. The van der Waals surface area contributed by atoms with E-state index < -0.39 is 10.0 Å². The zero-order valence-corrected chi connectivity index (χ0v) is 14.5. The topological polar surface area (TPSA) is 46.6 Å². The van der Waals surface area contributed by atoms with Gasteiger partial charge in [-0.3, -0.25) is 4.31 Å². The molecule has 0 radical (unpaired) electrons. The molecule has 0 atom stereocenters. The van der Waals surface area contributed by atoms with E-state index in [1.807, 2.05) is 0 Å². The van der Waals surface area contributed by atoms with E-state index in [1.54, 1.807) is 24.3 Å². The van der Waals surface area contributed by atoms with Crippen molar-refractivity contribution < 1.29 is 13.2 Å². The average Bonchev–Trinajstić information content (AvgIpc) is 2.47. The Hall–Kier alpha value is -1.24. The lowest BCUT2D eigenvalue weighted by Gasteiger charge is -2.20. The van der Waals surface area contributed by atoms with Gasteiger partial charge in [-0.2, -0.15) is 0 Å². The van der Waals surface area contributed by atoms with Gasteiger partial charge < -0.3 is 4.74 Å². The third kappa shape index (κ3) is 3.33. The predicted octanol–water partition coefficient (Wildman–Crippen LogP) is 3.94. The third-order valence-electron chi connectivity index (χ3n) is 2.97. The van der Waals surface area contributed by atoms with Crippen molar-refractivity contribution in [2.24, 2.45) is 0 Å². The van der Waals surface area contributed by atoms with Crippen LogP contribution in [0.25, 0.3) is 0 Å². The summed E-state index contributed by atoms with van der Waals surface area (Å²) in [6.45, 7) is 0. The van der Waals surface area contributed by atoms with Crippen molar-refractivity contribution in [3.05, 3.63) is 52.0 Å². The van der Waals surface area contributed by atoms with E-state index in [0.29, 0.717) is 11.4 Å². The largest absolute Gasteiger partial charge is 0.495 e. The van der Waals surface area contributed by atoms with Crippen LogP contribution in [-0.2, 0) is 10.0 Å². The molecule has 7 heteroatoms. The summed E-state index contributed by atoms with van der Waals surface area (Å²) < 4.78 is 32.3. The number of benzene rings is 2. The number of methoxy groups -OCH3 is 1. The monoisotopic (exact) mass is 389 g/mol. The quantitative estimate of drug-likeness (QED) is 0.794. The fraction of sp³-hybridized carbons (Fsp3) is 0.143. The Morgan fingerprint density at radius 2 is 1.76 bits per heavy atom. The summed E-state index contributed by atoms with van der Waals surface area (Å²) in [6, 6.07) is 11.4. The van der Waals surface area contributed by atoms with Gasteiger partial charge in [0.25, 0.3) is 10.0 Å². The van der Waals surface area contributed by atoms with Gasteiger partial charge in [-0.05, 0) is 42.5 Å². The lowest BCUT2D eigenvalue weighted by molar-refractivity contribution is 0.414. The van der Waals surface area contributed by atoms with Crippen LogP contribution in [0.15, 0.2) is 51.8 Å². The van der Waals surface area contributed by atoms with Crippen molar-refractivity contribution >= 4 is 43.2 Å². The molecule has 0 saturated carbocycles. The summed E-state index contributed by atoms with van der Waals surface area (Å²) in [5, 5.41) is 0.253. The van der Waals surface area contributed by atoms with E-state index in [4.69, 9.17) is 16.3 Å². The number of halogens is 2. The first kappa shape index (κ1) is 16.1. The highest BCUT2D eigenvalue weighted by molar-refractivity contribution is 9.10. The van der Waals surface area contributed by atoms with E-state index >= 15 is 0 Å². The molecule has 2 rings (SSSR count). The molecule has 4 nitrogen and oxygen atoms in total. The molecule has 0 amide bonds. The molecular formula is C14H13BrClNO3S. The van der Waals surface area contributed by atoms with Crippen molar-refractivity contribution in [1.29, 1.82) is 0 Å². The lowest BCUT2D eigenvalue weighted by atomic mass is 10.3. The Morgan fingerprint density at radius 3 is 2.29 bits per heavy atom. The molecule has 0 spiro atoms. The van der Waals surface area contributed by atoms with Crippen LogP contribution in [0.2, 0.25) is 5.02 Å². The molecule has 0 saturated heterocycles. The lowest BCUT2D eigenvalue weighted by Crippen LogP contribution is -2.26. The summed E-state index contributed by atoms with van der Waals surface area (Å²) >= 11 is 9.31. The van der Waals surface area contributed by atoms with E-state index in [2.05, 4.69) is 15.9 Å². The van der Waals surface area contributed by atoms with Crippen molar-refractivity contribution in [1.82, 2.24) is 0 Å². The molecule has 0 unspecified atom stereocenters. The number of rotatable bonds is 4. The van der Waals surface area contributed by atoms with Gasteiger partial charge in [0.2, 0.25) is 0 Å². The van der Waals surface area contributed by atoms with Gasteiger partial charge in [-0.1, -0.05) is 27.5 Å². The van der Waals surface area contributed by atoms with E-state index in [1.165, 1.54) is 36.7 Å². The standard InChI is InChI=1S/C14H13BrClNO3S/c1-17(11-5-3-10(15)4-6-11)21(18,19)12-7-8-14(20-2)13(16)9-12/h3-9H,1-2H3. The van der Waals surface area contributed by atoms with Gasteiger partial charge in [0.05, 0.1) is 22.7 Å². The Labute approximate surface area is 137 Å². The second-order valence-electron chi connectivity index (χ2n) is 4.25. The van der Waals surface area contributed by atoms with Gasteiger partial charge in [0.1, 0.15) is 5.75 Å².